The van der Waals surface area contributed by atoms with Gasteiger partial charge in [0.25, 0.3) is 5.91 Å². The summed E-state index contributed by atoms with van der Waals surface area (Å²) in [6, 6.07) is 2.91. The summed E-state index contributed by atoms with van der Waals surface area (Å²) in [5.74, 6) is -2.65. The number of hydrogen-bond donors (Lipinski definition) is 3. The first-order chi connectivity index (χ1) is 9.97. The number of aromatic amines is 1. The Labute approximate surface area is 120 Å². The number of aliphatic carboxylic acids is 1. The number of aryl methyl sites for hydroxylation is 1. The highest BCUT2D eigenvalue weighted by molar-refractivity contribution is 5.97. The van der Waals surface area contributed by atoms with Crippen LogP contribution in [0.1, 0.15) is 21.6 Å². The van der Waals surface area contributed by atoms with Crippen LogP contribution in [0.3, 0.4) is 0 Å². The van der Waals surface area contributed by atoms with E-state index in [4.69, 9.17) is 5.11 Å². The average molecular weight is 291 g/mol. The van der Waals surface area contributed by atoms with Crippen LogP contribution in [0.4, 0.5) is 4.39 Å². The van der Waals surface area contributed by atoms with E-state index in [1.54, 1.807) is 6.92 Å². The standard InChI is InChI=1S/C14H14FN3O3/c1-8-2-3-11(15)10(4-8)13(19)18-12(14(20)21)5-9-6-16-7-17-9/h2-4,6-7,12H,5H2,1H3,(H,16,17)(H,18,19)(H,20,21). The van der Waals surface area contributed by atoms with Crippen molar-refractivity contribution in [3.05, 3.63) is 53.4 Å². The van der Waals surface area contributed by atoms with Crippen LogP contribution in [0.25, 0.3) is 0 Å². The van der Waals surface area contributed by atoms with Crippen molar-refractivity contribution in [1.82, 2.24) is 15.3 Å². The number of carboxylic acids is 1. The van der Waals surface area contributed by atoms with Gasteiger partial charge in [-0.05, 0) is 19.1 Å². The molecule has 0 aliphatic carbocycles. The lowest BCUT2D eigenvalue weighted by Gasteiger charge is -2.14. The van der Waals surface area contributed by atoms with E-state index in [0.717, 1.165) is 0 Å². The van der Waals surface area contributed by atoms with E-state index in [2.05, 4.69) is 15.3 Å². The Morgan fingerprint density at radius 3 is 2.86 bits per heavy atom. The zero-order valence-corrected chi connectivity index (χ0v) is 11.3. The minimum absolute atomic E-state index is 0.0362. The van der Waals surface area contributed by atoms with E-state index in [-0.39, 0.29) is 12.0 Å². The number of nitrogens with one attached hydrogen (secondary N) is 2. The maximum Gasteiger partial charge on any atom is 0.326 e. The van der Waals surface area contributed by atoms with Gasteiger partial charge in [0, 0.05) is 18.3 Å². The smallest absolute Gasteiger partial charge is 0.326 e. The van der Waals surface area contributed by atoms with Crippen LogP contribution < -0.4 is 5.32 Å². The molecular formula is C14H14FN3O3. The highest BCUT2D eigenvalue weighted by atomic mass is 19.1. The first-order valence-electron chi connectivity index (χ1n) is 6.24. The second kappa shape index (κ2) is 6.17. The van der Waals surface area contributed by atoms with Gasteiger partial charge in [0.05, 0.1) is 11.9 Å². The van der Waals surface area contributed by atoms with Crippen LogP contribution >= 0.6 is 0 Å². The van der Waals surface area contributed by atoms with Crippen LogP contribution in [-0.2, 0) is 11.2 Å². The van der Waals surface area contributed by atoms with Crippen LogP contribution in [-0.4, -0.2) is 33.0 Å². The molecule has 0 saturated heterocycles. The molecule has 6 nitrogen and oxygen atoms in total. The Balaban J connectivity index is 2.14. The summed E-state index contributed by atoms with van der Waals surface area (Å²) in [7, 11) is 0. The molecule has 0 aliphatic heterocycles. The van der Waals surface area contributed by atoms with E-state index < -0.39 is 23.7 Å². The summed E-state index contributed by atoms with van der Waals surface area (Å²) in [6.45, 7) is 1.72. The number of imidazole rings is 1. The summed E-state index contributed by atoms with van der Waals surface area (Å²) in [5, 5.41) is 11.5. The molecule has 1 heterocycles. The lowest BCUT2D eigenvalue weighted by molar-refractivity contribution is -0.139. The Kier molecular flexibility index (Phi) is 4.32. The Bertz CT molecular complexity index is 655. The molecule has 3 N–H and O–H groups in total. The summed E-state index contributed by atoms with van der Waals surface area (Å²) in [4.78, 5) is 29.8. The van der Waals surface area contributed by atoms with E-state index in [0.29, 0.717) is 11.3 Å². The summed E-state index contributed by atoms with van der Waals surface area (Å²) >= 11 is 0. The minimum Gasteiger partial charge on any atom is -0.480 e. The molecular weight excluding hydrogens is 277 g/mol. The predicted octanol–water partition coefficient (Wildman–Crippen LogP) is 1.28. The lowest BCUT2D eigenvalue weighted by Crippen LogP contribution is -2.42. The van der Waals surface area contributed by atoms with Gasteiger partial charge in [-0.2, -0.15) is 0 Å². The zero-order valence-electron chi connectivity index (χ0n) is 11.3. The normalized spacial score (nSPS) is 11.9. The fourth-order valence-corrected chi connectivity index (χ4v) is 1.87. The number of carbonyl (C=O) groups is 2. The number of halogens is 1. The Morgan fingerprint density at radius 2 is 2.24 bits per heavy atom. The van der Waals surface area contributed by atoms with Gasteiger partial charge in [0.2, 0.25) is 0 Å². The van der Waals surface area contributed by atoms with Crippen molar-refractivity contribution in [3.8, 4) is 0 Å². The maximum atomic E-state index is 13.6. The number of benzene rings is 1. The van der Waals surface area contributed by atoms with Crippen LogP contribution in [0.2, 0.25) is 0 Å². The first kappa shape index (κ1) is 14.7. The van der Waals surface area contributed by atoms with Gasteiger partial charge >= 0.3 is 5.97 Å². The fourth-order valence-electron chi connectivity index (χ4n) is 1.87. The number of nitrogens with zero attached hydrogens (tertiary/aromatic N) is 1. The van der Waals surface area contributed by atoms with Crippen molar-refractivity contribution in [1.29, 1.82) is 0 Å². The SMILES string of the molecule is Cc1ccc(F)c(C(=O)NC(Cc2cnc[nH]2)C(=O)O)c1. The van der Waals surface area contributed by atoms with Crippen molar-refractivity contribution in [2.75, 3.05) is 0 Å². The quantitative estimate of drug-likeness (QED) is 0.773. The van der Waals surface area contributed by atoms with Crippen molar-refractivity contribution in [2.45, 2.75) is 19.4 Å². The van der Waals surface area contributed by atoms with E-state index in [9.17, 15) is 14.0 Å². The van der Waals surface area contributed by atoms with Gasteiger partial charge in [-0.1, -0.05) is 11.6 Å². The number of carboxylic acid groups (broad SMARTS) is 1. The monoisotopic (exact) mass is 291 g/mol. The van der Waals surface area contributed by atoms with Gasteiger partial charge in [0.1, 0.15) is 11.9 Å². The topological polar surface area (TPSA) is 95.1 Å². The van der Waals surface area contributed by atoms with Gasteiger partial charge in [-0.3, -0.25) is 4.79 Å². The van der Waals surface area contributed by atoms with Crippen molar-refractivity contribution in [3.63, 3.8) is 0 Å². The summed E-state index contributed by atoms with van der Waals surface area (Å²) < 4.78 is 13.6. The predicted molar refractivity (Wildman–Crippen MR) is 72.3 cm³/mol. The molecule has 2 rings (SSSR count). The summed E-state index contributed by atoms with van der Waals surface area (Å²) in [5.41, 5.74) is 1.10. The number of aromatic nitrogens is 2. The van der Waals surface area contributed by atoms with Crippen LogP contribution in [0.15, 0.2) is 30.7 Å². The van der Waals surface area contributed by atoms with Crippen molar-refractivity contribution >= 4 is 11.9 Å². The Hall–Kier alpha value is -2.70. The molecule has 0 spiro atoms. The largest absolute Gasteiger partial charge is 0.480 e. The van der Waals surface area contributed by atoms with Gasteiger partial charge in [-0.15, -0.1) is 0 Å². The number of amides is 1. The highest BCUT2D eigenvalue weighted by Crippen LogP contribution is 2.10. The molecule has 0 aliphatic rings. The second-order valence-corrected chi connectivity index (χ2v) is 4.63. The molecule has 0 radical (unpaired) electrons. The van der Waals surface area contributed by atoms with Crippen LogP contribution in [0.5, 0.6) is 0 Å². The maximum absolute atomic E-state index is 13.6. The van der Waals surface area contributed by atoms with Crippen molar-refractivity contribution < 1.29 is 19.1 Å². The minimum atomic E-state index is -1.20. The number of hydrogen-bond acceptors (Lipinski definition) is 3. The summed E-state index contributed by atoms with van der Waals surface area (Å²) in [6.07, 6.45) is 2.92. The van der Waals surface area contributed by atoms with E-state index in [1.165, 1.54) is 30.7 Å². The molecule has 1 unspecified atom stereocenters. The molecule has 21 heavy (non-hydrogen) atoms. The zero-order chi connectivity index (χ0) is 15.4. The van der Waals surface area contributed by atoms with Gasteiger partial charge in [-0.25, -0.2) is 14.2 Å². The molecule has 0 fully saturated rings. The Morgan fingerprint density at radius 1 is 1.48 bits per heavy atom. The van der Waals surface area contributed by atoms with E-state index >= 15 is 0 Å². The number of rotatable bonds is 5. The molecule has 110 valence electrons. The lowest BCUT2D eigenvalue weighted by atomic mass is 10.1. The van der Waals surface area contributed by atoms with Gasteiger partial charge in [0.15, 0.2) is 0 Å². The fraction of sp³-hybridized carbons (Fsp3) is 0.214. The van der Waals surface area contributed by atoms with Crippen LogP contribution in [0, 0.1) is 12.7 Å². The van der Waals surface area contributed by atoms with E-state index in [1.807, 2.05) is 0 Å². The molecule has 1 aromatic carbocycles. The van der Waals surface area contributed by atoms with Crippen molar-refractivity contribution in [2.24, 2.45) is 0 Å². The third kappa shape index (κ3) is 3.65. The first-order valence-corrected chi connectivity index (χ1v) is 6.24. The molecule has 1 aromatic heterocycles. The molecule has 0 saturated carbocycles. The third-order valence-corrected chi connectivity index (χ3v) is 2.95. The average Bonchev–Trinajstić information content (AvgIpc) is 2.93. The number of carbonyl (C=O) groups excluding carboxylic acids is 1. The molecule has 7 heteroatoms. The third-order valence-electron chi connectivity index (χ3n) is 2.95. The van der Waals surface area contributed by atoms with Gasteiger partial charge < -0.3 is 15.4 Å². The molecule has 1 atom stereocenters. The number of H-pyrrole nitrogens is 1. The molecule has 0 bridgehead atoms. The second-order valence-electron chi connectivity index (χ2n) is 4.63. The molecule has 1 amide bonds. The molecule has 2 aromatic rings. The highest BCUT2D eigenvalue weighted by Gasteiger charge is 2.23.